The van der Waals surface area contributed by atoms with Crippen LogP contribution in [0.4, 0.5) is 0 Å². The average Bonchev–Trinajstić information content (AvgIpc) is 2.83. The molecule has 0 aromatic heterocycles. The standard InChI is InChI=1S/C33H55N3O4/c1-15-40-30(39)22(4)20-25(21(2)3)36(14)29(38)27(32(8,9)10)35-28(37)26(34-13)33(11,12)24-18-16-23(17-19-24)31(5,6)7/h16-21,25-27,34H,15H2,1-14H3,(H,35,37)/b22-20+/t25?,26?,27-/m1/s1. The van der Waals surface area contributed by atoms with Gasteiger partial charge in [0, 0.05) is 18.0 Å². The van der Waals surface area contributed by atoms with E-state index in [0.717, 1.165) is 5.56 Å². The minimum Gasteiger partial charge on any atom is -0.463 e. The van der Waals surface area contributed by atoms with Crippen LogP contribution in [0.15, 0.2) is 35.9 Å². The fraction of sp³-hybridized carbons (Fsp3) is 0.667. The maximum Gasteiger partial charge on any atom is 0.333 e. The van der Waals surface area contributed by atoms with E-state index in [4.69, 9.17) is 4.74 Å². The Hall–Kier alpha value is -2.67. The van der Waals surface area contributed by atoms with Crippen LogP contribution in [0, 0.1) is 11.3 Å². The number of nitrogens with zero attached hydrogens (tertiary/aromatic N) is 1. The summed E-state index contributed by atoms with van der Waals surface area (Å²) in [6, 6.07) is 6.71. The number of likely N-dealkylation sites (N-methyl/N-ethyl adjacent to an activating group) is 2. The molecule has 2 amide bonds. The molecule has 7 heteroatoms. The third-order valence-electron chi connectivity index (χ3n) is 7.66. The molecule has 0 aliphatic rings. The van der Waals surface area contributed by atoms with Crippen molar-refractivity contribution in [1.82, 2.24) is 15.5 Å². The smallest absolute Gasteiger partial charge is 0.333 e. The van der Waals surface area contributed by atoms with Crippen molar-refractivity contribution in [3.8, 4) is 0 Å². The first kappa shape index (κ1) is 35.4. The lowest BCUT2D eigenvalue weighted by atomic mass is 9.75. The fourth-order valence-electron chi connectivity index (χ4n) is 4.93. The summed E-state index contributed by atoms with van der Waals surface area (Å²) in [5.41, 5.74) is 1.64. The molecule has 1 aromatic carbocycles. The lowest BCUT2D eigenvalue weighted by molar-refractivity contribution is -0.141. The number of benzene rings is 1. The van der Waals surface area contributed by atoms with Crippen molar-refractivity contribution in [3.05, 3.63) is 47.0 Å². The average molecular weight is 558 g/mol. The van der Waals surface area contributed by atoms with Gasteiger partial charge < -0.3 is 20.3 Å². The lowest BCUT2D eigenvalue weighted by Gasteiger charge is -2.40. The van der Waals surface area contributed by atoms with Gasteiger partial charge in [-0.25, -0.2) is 4.79 Å². The Morgan fingerprint density at radius 1 is 0.925 bits per heavy atom. The topological polar surface area (TPSA) is 87.7 Å². The molecule has 226 valence electrons. The van der Waals surface area contributed by atoms with Gasteiger partial charge in [-0.15, -0.1) is 0 Å². The molecule has 3 atom stereocenters. The van der Waals surface area contributed by atoms with Crippen LogP contribution in [0.1, 0.15) is 94.2 Å². The summed E-state index contributed by atoms with van der Waals surface area (Å²) < 4.78 is 5.13. The van der Waals surface area contributed by atoms with Crippen molar-refractivity contribution in [2.75, 3.05) is 20.7 Å². The number of ether oxygens (including phenoxy) is 1. The molecule has 1 rings (SSSR count). The monoisotopic (exact) mass is 557 g/mol. The second-order valence-corrected chi connectivity index (χ2v) is 13.8. The van der Waals surface area contributed by atoms with E-state index in [-0.39, 0.29) is 35.8 Å². The van der Waals surface area contributed by atoms with Gasteiger partial charge in [0.1, 0.15) is 6.04 Å². The number of carbonyl (C=O) groups is 3. The highest BCUT2D eigenvalue weighted by Crippen LogP contribution is 2.31. The largest absolute Gasteiger partial charge is 0.463 e. The van der Waals surface area contributed by atoms with Crippen LogP contribution < -0.4 is 10.6 Å². The SMILES string of the molecule is CCOC(=O)/C(C)=C/C(C(C)C)N(C)C(=O)[C@@H](NC(=O)C(NC)C(C)(C)c1ccc(C(C)(C)C)cc1)C(C)(C)C. The number of hydrogen-bond donors (Lipinski definition) is 2. The fourth-order valence-corrected chi connectivity index (χ4v) is 4.93. The second-order valence-electron chi connectivity index (χ2n) is 13.8. The third-order valence-corrected chi connectivity index (χ3v) is 7.66. The molecule has 1 aromatic rings. The molecule has 2 N–H and O–H groups in total. The number of carbonyl (C=O) groups excluding carboxylic acids is 3. The molecule has 7 nitrogen and oxygen atoms in total. The molecule has 0 heterocycles. The minimum absolute atomic E-state index is 0.0344. The van der Waals surface area contributed by atoms with Gasteiger partial charge in [-0.1, -0.05) is 99.6 Å². The van der Waals surface area contributed by atoms with Crippen LogP contribution in [-0.2, 0) is 30.0 Å². The summed E-state index contributed by atoms with van der Waals surface area (Å²) in [6.07, 6.45) is 1.78. The van der Waals surface area contributed by atoms with Gasteiger partial charge in [-0.2, -0.15) is 0 Å². The summed E-state index contributed by atoms with van der Waals surface area (Å²) in [5.74, 6) is -0.818. The third kappa shape index (κ3) is 8.92. The number of rotatable bonds is 11. The predicted octanol–water partition coefficient (Wildman–Crippen LogP) is 5.37. The van der Waals surface area contributed by atoms with Gasteiger partial charge in [-0.05, 0) is 48.8 Å². The molecule has 2 unspecified atom stereocenters. The lowest BCUT2D eigenvalue weighted by Crippen LogP contribution is -2.61. The molecule has 0 saturated heterocycles. The van der Waals surface area contributed by atoms with Gasteiger partial charge >= 0.3 is 5.97 Å². The van der Waals surface area contributed by atoms with Crippen molar-refractivity contribution in [2.24, 2.45) is 11.3 Å². The number of hydrogen-bond acceptors (Lipinski definition) is 5. The quantitative estimate of drug-likeness (QED) is 0.282. The zero-order chi connectivity index (χ0) is 31.2. The van der Waals surface area contributed by atoms with Crippen LogP contribution in [-0.4, -0.2) is 61.5 Å². The van der Waals surface area contributed by atoms with Crippen LogP contribution in [0.2, 0.25) is 0 Å². The summed E-state index contributed by atoms with van der Waals surface area (Å²) in [4.78, 5) is 41.7. The van der Waals surface area contributed by atoms with E-state index in [2.05, 4.69) is 55.7 Å². The van der Waals surface area contributed by atoms with Gasteiger partial charge in [0.15, 0.2) is 0 Å². The predicted molar refractivity (Wildman–Crippen MR) is 164 cm³/mol. The zero-order valence-electron chi connectivity index (χ0n) is 27.5. The molecule has 0 aliphatic carbocycles. The molecule has 0 fully saturated rings. The number of nitrogens with one attached hydrogen (secondary N) is 2. The highest BCUT2D eigenvalue weighted by Gasteiger charge is 2.41. The van der Waals surface area contributed by atoms with Crippen LogP contribution in [0.25, 0.3) is 0 Å². The van der Waals surface area contributed by atoms with Gasteiger partial charge in [0.25, 0.3) is 0 Å². The second kappa shape index (κ2) is 13.8. The molecule has 0 spiro atoms. The summed E-state index contributed by atoms with van der Waals surface area (Å²) in [6.45, 7) is 24.2. The van der Waals surface area contributed by atoms with E-state index in [1.807, 2.05) is 48.5 Å². The highest BCUT2D eigenvalue weighted by atomic mass is 16.5. The van der Waals surface area contributed by atoms with E-state index in [0.29, 0.717) is 5.57 Å². The van der Waals surface area contributed by atoms with Crippen molar-refractivity contribution >= 4 is 17.8 Å². The summed E-state index contributed by atoms with van der Waals surface area (Å²) in [7, 11) is 3.50. The van der Waals surface area contributed by atoms with Crippen molar-refractivity contribution < 1.29 is 19.1 Å². The van der Waals surface area contributed by atoms with Gasteiger partial charge in [-0.3, -0.25) is 9.59 Å². The number of esters is 1. The Balaban J connectivity index is 3.33. The Labute approximate surface area is 243 Å². The molecule has 40 heavy (non-hydrogen) atoms. The van der Waals surface area contributed by atoms with Crippen LogP contribution >= 0.6 is 0 Å². The first-order valence-electron chi connectivity index (χ1n) is 14.4. The maximum atomic E-state index is 14.0. The van der Waals surface area contributed by atoms with E-state index in [1.165, 1.54) is 5.56 Å². The van der Waals surface area contributed by atoms with E-state index in [9.17, 15) is 14.4 Å². The zero-order valence-corrected chi connectivity index (χ0v) is 27.5. The minimum atomic E-state index is -0.780. The Morgan fingerprint density at radius 2 is 1.43 bits per heavy atom. The van der Waals surface area contributed by atoms with Gasteiger partial charge in [0.05, 0.1) is 18.7 Å². The summed E-state index contributed by atoms with van der Waals surface area (Å²) >= 11 is 0. The molecule has 0 saturated carbocycles. The Morgan fingerprint density at radius 3 is 1.82 bits per heavy atom. The van der Waals surface area contributed by atoms with Crippen molar-refractivity contribution in [1.29, 1.82) is 0 Å². The molecule has 0 radical (unpaired) electrons. The van der Waals surface area contributed by atoms with Crippen LogP contribution in [0.5, 0.6) is 0 Å². The molecule has 0 bridgehead atoms. The van der Waals surface area contributed by atoms with Crippen molar-refractivity contribution in [3.63, 3.8) is 0 Å². The molecular formula is C33H55N3O4. The van der Waals surface area contributed by atoms with Gasteiger partial charge in [0.2, 0.25) is 11.8 Å². The van der Waals surface area contributed by atoms with Crippen molar-refractivity contribution in [2.45, 2.75) is 112 Å². The summed E-state index contributed by atoms with van der Waals surface area (Å²) in [5, 5.41) is 6.29. The number of amides is 2. The maximum absolute atomic E-state index is 14.0. The normalized spacial score (nSPS) is 15.3. The highest BCUT2D eigenvalue weighted by molar-refractivity contribution is 5.92. The Bertz CT molecular complexity index is 1040. The molecular weight excluding hydrogens is 502 g/mol. The van der Waals surface area contributed by atoms with E-state index < -0.39 is 28.9 Å². The Kier molecular flexibility index (Phi) is 12.2. The first-order chi connectivity index (χ1) is 18.2. The van der Waals surface area contributed by atoms with E-state index in [1.54, 1.807) is 38.9 Å². The van der Waals surface area contributed by atoms with Crippen LogP contribution in [0.3, 0.4) is 0 Å². The molecule has 0 aliphatic heterocycles. The first-order valence-corrected chi connectivity index (χ1v) is 14.4. The van der Waals surface area contributed by atoms with E-state index >= 15 is 0 Å².